The number of pyridine rings is 1. The van der Waals surface area contributed by atoms with Gasteiger partial charge < -0.3 is 15.0 Å². The minimum atomic E-state index is -0.238. The summed E-state index contributed by atoms with van der Waals surface area (Å²) in [6.07, 6.45) is 5.78. The maximum Gasteiger partial charge on any atom is 0.230 e. The average Bonchev–Trinajstić information content (AvgIpc) is 3.16. The van der Waals surface area contributed by atoms with Crippen LogP contribution >= 0.6 is 0 Å². The van der Waals surface area contributed by atoms with Gasteiger partial charge in [0.25, 0.3) is 0 Å². The summed E-state index contributed by atoms with van der Waals surface area (Å²) in [6.45, 7) is 0.579. The number of ether oxygens (including phenoxy) is 1. The molecule has 3 rings (SSSR count). The molecule has 0 bridgehead atoms. The maximum absolute atomic E-state index is 12.6. The van der Waals surface area contributed by atoms with Gasteiger partial charge in [0.2, 0.25) is 5.91 Å². The van der Waals surface area contributed by atoms with Crippen LogP contribution in [-0.2, 0) is 16.6 Å². The first-order valence-electron chi connectivity index (χ1n) is 7.59. The van der Waals surface area contributed by atoms with Crippen LogP contribution in [-0.4, -0.2) is 41.4 Å². The zero-order chi connectivity index (χ0) is 16.4. The fourth-order valence-electron chi connectivity index (χ4n) is 2.73. The quantitative estimate of drug-likeness (QED) is 0.928. The van der Waals surface area contributed by atoms with Crippen LogP contribution in [0.1, 0.15) is 18.1 Å². The van der Waals surface area contributed by atoms with Gasteiger partial charge in [0.05, 0.1) is 30.1 Å². The van der Waals surface area contributed by atoms with Crippen molar-refractivity contribution in [3.63, 3.8) is 0 Å². The highest BCUT2D eigenvalue weighted by Crippen LogP contribution is 2.35. The van der Waals surface area contributed by atoms with Gasteiger partial charge in [0.15, 0.2) is 0 Å². The number of anilines is 2. The van der Waals surface area contributed by atoms with Crippen molar-refractivity contribution in [2.24, 2.45) is 13.0 Å². The number of hydrogen-bond donors (Lipinski definition) is 1. The molecule has 0 saturated carbocycles. The summed E-state index contributed by atoms with van der Waals surface area (Å²) in [7, 11) is 5.70. The zero-order valence-corrected chi connectivity index (χ0v) is 13.6. The summed E-state index contributed by atoms with van der Waals surface area (Å²) in [6, 6.07) is 3.73. The highest BCUT2D eigenvalue weighted by molar-refractivity contribution is 5.93. The van der Waals surface area contributed by atoms with Crippen LogP contribution in [0.4, 0.5) is 11.5 Å². The largest absolute Gasteiger partial charge is 0.373 e. The number of amides is 1. The van der Waals surface area contributed by atoms with E-state index in [9.17, 15) is 4.79 Å². The predicted octanol–water partition coefficient (Wildman–Crippen LogP) is 1.60. The number of carbonyl (C=O) groups excluding carboxylic acids is 1. The van der Waals surface area contributed by atoms with Crippen molar-refractivity contribution in [1.29, 1.82) is 0 Å². The SMILES string of the molecule is CN(C)c1ccc(NC(=O)[C@H]2CCO[C@@H]2c2cnn(C)c2)cn1. The summed E-state index contributed by atoms with van der Waals surface area (Å²) in [5.41, 5.74) is 1.63. The van der Waals surface area contributed by atoms with E-state index in [1.54, 1.807) is 17.1 Å². The molecule has 1 aliphatic heterocycles. The molecule has 7 nitrogen and oxygen atoms in total. The van der Waals surface area contributed by atoms with Crippen LogP contribution in [0, 0.1) is 5.92 Å². The molecular weight excluding hydrogens is 294 g/mol. The third-order valence-corrected chi connectivity index (χ3v) is 3.96. The smallest absolute Gasteiger partial charge is 0.230 e. The molecule has 2 atom stereocenters. The summed E-state index contributed by atoms with van der Waals surface area (Å²) in [5.74, 6) is 0.587. The molecule has 2 aromatic heterocycles. The third kappa shape index (κ3) is 3.34. The molecule has 0 aromatic carbocycles. The van der Waals surface area contributed by atoms with Gasteiger partial charge in [-0.15, -0.1) is 0 Å². The summed E-state index contributed by atoms with van der Waals surface area (Å²) in [4.78, 5) is 18.8. The first-order valence-corrected chi connectivity index (χ1v) is 7.59. The van der Waals surface area contributed by atoms with E-state index in [1.807, 2.05) is 44.4 Å². The Hall–Kier alpha value is -2.41. The molecule has 0 radical (unpaired) electrons. The van der Waals surface area contributed by atoms with Crippen LogP contribution in [0.15, 0.2) is 30.7 Å². The van der Waals surface area contributed by atoms with Crippen LogP contribution in [0.2, 0.25) is 0 Å². The van der Waals surface area contributed by atoms with Crippen LogP contribution in [0.5, 0.6) is 0 Å². The van der Waals surface area contributed by atoms with E-state index in [1.165, 1.54) is 0 Å². The molecular formula is C16H21N5O2. The fourth-order valence-corrected chi connectivity index (χ4v) is 2.73. The lowest BCUT2D eigenvalue weighted by Gasteiger charge is -2.17. The Morgan fingerprint density at radius 2 is 2.22 bits per heavy atom. The Morgan fingerprint density at radius 1 is 1.39 bits per heavy atom. The first kappa shape index (κ1) is 15.5. The average molecular weight is 315 g/mol. The van der Waals surface area contributed by atoms with Crippen molar-refractivity contribution in [3.8, 4) is 0 Å². The predicted molar refractivity (Wildman–Crippen MR) is 87.2 cm³/mol. The van der Waals surface area contributed by atoms with E-state index in [0.29, 0.717) is 18.7 Å². The van der Waals surface area contributed by atoms with Gasteiger partial charge in [-0.1, -0.05) is 0 Å². The highest BCUT2D eigenvalue weighted by Gasteiger charge is 2.36. The standard InChI is InChI=1S/C16H21N5O2/c1-20(2)14-5-4-12(9-17-14)19-16(22)13-6-7-23-15(13)11-8-18-21(3)10-11/h4-5,8-10,13,15H,6-7H2,1-3H3,(H,19,22)/t13-,15+/m0/s1. The molecule has 23 heavy (non-hydrogen) atoms. The Kier molecular flexibility index (Phi) is 4.29. The molecule has 0 spiro atoms. The van der Waals surface area contributed by atoms with E-state index < -0.39 is 0 Å². The molecule has 1 N–H and O–H groups in total. The van der Waals surface area contributed by atoms with Crippen molar-refractivity contribution < 1.29 is 9.53 Å². The van der Waals surface area contributed by atoms with Gasteiger partial charge in [-0.2, -0.15) is 5.10 Å². The number of aromatic nitrogens is 3. The Bertz CT molecular complexity index is 680. The van der Waals surface area contributed by atoms with E-state index in [4.69, 9.17) is 4.74 Å². The van der Waals surface area contributed by atoms with Crippen LogP contribution < -0.4 is 10.2 Å². The Morgan fingerprint density at radius 3 is 2.83 bits per heavy atom. The van der Waals surface area contributed by atoms with E-state index in [0.717, 1.165) is 11.4 Å². The highest BCUT2D eigenvalue weighted by atomic mass is 16.5. The van der Waals surface area contributed by atoms with E-state index in [-0.39, 0.29) is 17.9 Å². The Labute approximate surface area is 135 Å². The number of nitrogens with one attached hydrogen (secondary N) is 1. The minimum absolute atomic E-state index is 0.0456. The molecule has 0 unspecified atom stereocenters. The van der Waals surface area contributed by atoms with E-state index >= 15 is 0 Å². The molecule has 1 fully saturated rings. The molecule has 2 aromatic rings. The molecule has 1 amide bonds. The second kappa shape index (κ2) is 6.37. The summed E-state index contributed by atoms with van der Waals surface area (Å²) in [5, 5.41) is 7.08. The monoisotopic (exact) mass is 315 g/mol. The topological polar surface area (TPSA) is 72.3 Å². The third-order valence-electron chi connectivity index (χ3n) is 3.96. The van der Waals surface area contributed by atoms with Gasteiger partial charge in [-0.3, -0.25) is 9.48 Å². The van der Waals surface area contributed by atoms with Crippen molar-refractivity contribution in [3.05, 3.63) is 36.3 Å². The molecule has 1 aliphatic rings. The molecule has 1 saturated heterocycles. The van der Waals surface area contributed by atoms with Crippen LogP contribution in [0.25, 0.3) is 0 Å². The summed E-state index contributed by atoms with van der Waals surface area (Å²) >= 11 is 0. The number of nitrogens with zero attached hydrogens (tertiary/aromatic N) is 4. The number of aryl methyl sites for hydroxylation is 1. The number of carbonyl (C=O) groups is 1. The zero-order valence-electron chi connectivity index (χ0n) is 13.6. The van der Waals surface area contributed by atoms with Crippen molar-refractivity contribution in [2.75, 3.05) is 30.9 Å². The normalized spacial score (nSPS) is 20.5. The van der Waals surface area contributed by atoms with Crippen LogP contribution in [0.3, 0.4) is 0 Å². The molecule has 0 aliphatic carbocycles. The lowest BCUT2D eigenvalue weighted by atomic mass is 9.96. The first-order chi connectivity index (χ1) is 11.0. The minimum Gasteiger partial charge on any atom is -0.373 e. The lowest BCUT2D eigenvalue weighted by Crippen LogP contribution is -2.25. The number of hydrogen-bond acceptors (Lipinski definition) is 5. The van der Waals surface area contributed by atoms with Gasteiger partial charge in [0.1, 0.15) is 5.82 Å². The van der Waals surface area contributed by atoms with Crippen molar-refractivity contribution >= 4 is 17.4 Å². The van der Waals surface area contributed by atoms with Crippen molar-refractivity contribution in [1.82, 2.24) is 14.8 Å². The second-order valence-electron chi connectivity index (χ2n) is 5.92. The molecule has 7 heteroatoms. The van der Waals surface area contributed by atoms with Gasteiger partial charge in [0, 0.05) is 39.5 Å². The van der Waals surface area contributed by atoms with E-state index in [2.05, 4.69) is 15.4 Å². The Balaban J connectivity index is 1.69. The maximum atomic E-state index is 12.6. The summed E-state index contributed by atoms with van der Waals surface area (Å²) < 4.78 is 7.46. The van der Waals surface area contributed by atoms with Crippen molar-refractivity contribution in [2.45, 2.75) is 12.5 Å². The number of rotatable bonds is 4. The fraction of sp³-hybridized carbons (Fsp3) is 0.438. The molecule has 3 heterocycles. The van der Waals surface area contributed by atoms with Gasteiger partial charge >= 0.3 is 0 Å². The van der Waals surface area contributed by atoms with Gasteiger partial charge in [-0.25, -0.2) is 4.98 Å². The lowest BCUT2D eigenvalue weighted by molar-refractivity contribution is -0.121. The second-order valence-corrected chi connectivity index (χ2v) is 5.92. The molecule has 122 valence electrons. The van der Waals surface area contributed by atoms with Gasteiger partial charge in [-0.05, 0) is 18.6 Å².